The number of carbonyl (C=O) groups is 2. The third kappa shape index (κ3) is 42.0. The predicted octanol–water partition coefficient (Wildman–Crippen LogP) is 11.3. The summed E-state index contributed by atoms with van der Waals surface area (Å²) in [6.07, 6.45) is 38.1. The second-order valence-electron chi connectivity index (χ2n) is 11.6. The van der Waals surface area contributed by atoms with Crippen molar-refractivity contribution in [2.45, 2.75) is 206 Å². The highest BCUT2D eigenvalue weighted by atomic mass is 16.4. The molecule has 0 aromatic heterocycles. The molecule has 4 heteroatoms. The van der Waals surface area contributed by atoms with Crippen molar-refractivity contribution < 1.29 is 14.7 Å². The maximum atomic E-state index is 10.5. The van der Waals surface area contributed by atoms with E-state index in [-0.39, 0.29) is 5.91 Å². The first kappa shape index (κ1) is 39.1. The van der Waals surface area contributed by atoms with Crippen LogP contribution in [0.5, 0.6) is 0 Å². The van der Waals surface area contributed by atoms with Crippen LogP contribution in [0.3, 0.4) is 0 Å². The fourth-order valence-electron chi connectivity index (χ4n) is 4.96. The van der Waals surface area contributed by atoms with Gasteiger partial charge in [-0.3, -0.25) is 9.59 Å². The second-order valence-corrected chi connectivity index (χ2v) is 11.6. The van der Waals surface area contributed by atoms with Crippen molar-refractivity contribution in [3.05, 3.63) is 0 Å². The SMILES string of the molecule is CCCCCCCCCCCCCCCC(N)=O.CCCCCCCCCCCCCCCCCC(=O)O. The first-order chi connectivity index (χ1) is 18.5. The molecule has 38 heavy (non-hydrogen) atoms. The molecule has 0 rings (SSSR count). The van der Waals surface area contributed by atoms with Crippen LogP contribution >= 0.6 is 0 Å². The average molecular weight is 540 g/mol. The van der Waals surface area contributed by atoms with Crippen molar-refractivity contribution in [3.63, 3.8) is 0 Å². The van der Waals surface area contributed by atoms with E-state index in [1.807, 2.05) is 0 Å². The molecular weight excluding hydrogens is 470 g/mol. The van der Waals surface area contributed by atoms with E-state index in [1.165, 1.54) is 161 Å². The van der Waals surface area contributed by atoms with E-state index in [1.54, 1.807) is 0 Å². The summed E-state index contributed by atoms with van der Waals surface area (Å²) in [4.78, 5) is 20.9. The summed E-state index contributed by atoms with van der Waals surface area (Å²) in [5.41, 5.74) is 5.09. The van der Waals surface area contributed by atoms with Gasteiger partial charge in [-0.15, -0.1) is 0 Å². The van der Waals surface area contributed by atoms with Crippen molar-refractivity contribution in [1.82, 2.24) is 0 Å². The van der Waals surface area contributed by atoms with E-state index in [2.05, 4.69) is 13.8 Å². The van der Waals surface area contributed by atoms with Crippen LogP contribution in [0.1, 0.15) is 206 Å². The lowest BCUT2D eigenvalue weighted by molar-refractivity contribution is -0.137. The number of amides is 1. The zero-order chi connectivity index (χ0) is 28.4. The van der Waals surface area contributed by atoms with Crippen LogP contribution in [0.4, 0.5) is 0 Å². The lowest BCUT2D eigenvalue weighted by Crippen LogP contribution is -2.09. The molecular formula is C34H69NO3. The quantitative estimate of drug-likeness (QED) is 0.0890. The Balaban J connectivity index is 0. The molecule has 0 fully saturated rings. The van der Waals surface area contributed by atoms with Gasteiger partial charge in [0.1, 0.15) is 0 Å². The minimum atomic E-state index is -0.653. The maximum Gasteiger partial charge on any atom is 0.303 e. The Morgan fingerprint density at radius 3 is 0.816 bits per heavy atom. The zero-order valence-electron chi connectivity index (χ0n) is 26.1. The third-order valence-corrected chi connectivity index (χ3v) is 7.52. The standard InChI is InChI=1S/C18H36O2.C16H33NO/c1-2-3-4-5-6-7-8-9-10-11-12-13-14-15-16-17-18(19)20;1-2-3-4-5-6-7-8-9-10-11-12-13-14-15-16(17)18/h2-17H2,1H3,(H,19,20);2-15H2,1H3,(H2,17,18). The third-order valence-electron chi connectivity index (χ3n) is 7.52. The van der Waals surface area contributed by atoms with E-state index in [0.717, 1.165) is 19.3 Å². The number of primary amides is 1. The van der Waals surface area contributed by atoms with E-state index < -0.39 is 5.97 Å². The van der Waals surface area contributed by atoms with Gasteiger partial charge in [0.25, 0.3) is 0 Å². The number of carboxylic acid groups (broad SMARTS) is 1. The molecule has 1 amide bonds. The molecule has 0 aliphatic heterocycles. The molecule has 0 aromatic rings. The number of hydrogen-bond acceptors (Lipinski definition) is 2. The van der Waals surface area contributed by atoms with Gasteiger partial charge < -0.3 is 10.8 Å². The number of hydrogen-bond donors (Lipinski definition) is 2. The highest BCUT2D eigenvalue weighted by Crippen LogP contribution is 2.14. The Hall–Kier alpha value is -1.06. The molecule has 3 N–H and O–H groups in total. The Bertz CT molecular complexity index is 467. The minimum absolute atomic E-state index is 0.155. The smallest absolute Gasteiger partial charge is 0.303 e. The van der Waals surface area contributed by atoms with Gasteiger partial charge in [0.15, 0.2) is 0 Å². The first-order valence-corrected chi connectivity index (χ1v) is 17.0. The van der Waals surface area contributed by atoms with E-state index in [4.69, 9.17) is 10.8 Å². The fourth-order valence-corrected chi connectivity index (χ4v) is 4.96. The summed E-state index contributed by atoms with van der Waals surface area (Å²) in [5.74, 6) is -0.808. The minimum Gasteiger partial charge on any atom is -0.481 e. The number of carboxylic acids is 1. The van der Waals surface area contributed by atoms with Crippen molar-refractivity contribution >= 4 is 11.9 Å². The Morgan fingerprint density at radius 2 is 0.605 bits per heavy atom. The summed E-state index contributed by atoms with van der Waals surface area (Å²) in [6.45, 7) is 4.54. The number of nitrogens with two attached hydrogens (primary N) is 1. The van der Waals surface area contributed by atoms with Crippen LogP contribution in [0, 0.1) is 0 Å². The van der Waals surface area contributed by atoms with Gasteiger partial charge in [-0.25, -0.2) is 0 Å². The molecule has 0 saturated carbocycles. The van der Waals surface area contributed by atoms with E-state index in [9.17, 15) is 9.59 Å². The molecule has 0 heterocycles. The molecule has 0 atom stereocenters. The van der Waals surface area contributed by atoms with Crippen molar-refractivity contribution in [3.8, 4) is 0 Å². The molecule has 0 spiro atoms. The highest BCUT2D eigenvalue weighted by Gasteiger charge is 1.98. The maximum absolute atomic E-state index is 10.5. The molecule has 0 radical (unpaired) electrons. The average Bonchev–Trinajstić information content (AvgIpc) is 2.89. The molecule has 0 unspecified atom stereocenters. The van der Waals surface area contributed by atoms with E-state index >= 15 is 0 Å². The number of carbonyl (C=O) groups excluding carboxylic acids is 1. The van der Waals surface area contributed by atoms with Crippen LogP contribution in [0.15, 0.2) is 0 Å². The fraction of sp³-hybridized carbons (Fsp3) is 0.941. The Labute approximate surface area is 238 Å². The highest BCUT2D eigenvalue weighted by molar-refractivity contribution is 5.73. The van der Waals surface area contributed by atoms with Crippen LogP contribution in [0.2, 0.25) is 0 Å². The molecule has 228 valence electrons. The molecule has 0 aliphatic carbocycles. The van der Waals surface area contributed by atoms with Gasteiger partial charge in [-0.05, 0) is 12.8 Å². The Kier molecular flexibility index (Phi) is 37.0. The molecule has 0 aliphatic rings. The monoisotopic (exact) mass is 540 g/mol. The van der Waals surface area contributed by atoms with Crippen LogP contribution in [-0.4, -0.2) is 17.0 Å². The van der Waals surface area contributed by atoms with E-state index in [0.29, 0.717) is 12.8 Å². The van der Waals surface area contributed by atoms with Gasteiger partial charge in [-0.2, -0.15) is 0 Å². The van der Waals surface area contributed by atoms with Gasteiger partial charge in [0.05, 0.1) is 0 Å². The lowest BCUT2D eigenvalue weighted by atomic mass is 10.0. The van der Waals surface area contributed by atoms with Crippen LogP contribution < -0.4 is 5.73 Å². The molecule has 0 bridgehead atoms. The summed E-state index contributed by atoms with van der Waals surface area (Å²) >= 11 is 0. The van der Waals surface area contributed by atoms with Gasteiger partial charge in [0.2, 0.25) is 5.91 Å². The van der Waals surface area contributed by atoms with Crippen molar-refractivity contribution in [1.29, 1.82) is 0 Å². The van der Waals surface area contributed by atoms with Gasteiger partial charge >= 0.3 is 5.97 Å². The second kappa shape index (κ2) is 35.9. The lowest BCUT2D eigenvalue weighted by Gasteiger charge is -2.03. The molecule has 0 aromatic carbocycles. The Morgan fingerprint density at radius 1 is 0.395 bits per heavy atom. The summed E-state index contributed by atoms with van der Waals surface area (Å²) < 4.78 is 0. The number of rotatable bonds is 30. The van der Waals surface area contributed by atoms with Gasteiger partial charge in [0, 0.05) is 12.8 Å². The largest absolute Gasteiger partial charge is 0.481 e. The van der Waals surface area contributed by atoms with Crippen molar-refractivity contribution in [2.75, 3.05) is 0 Å². The summed E-state index contributed by atoms with van der Waals surface area (Å²) in [5, 5.41) is 8.52. The first-order valence-electron chi connectivity index (χ1n) is 17.0. The van der Waals surface area contributed by atoms with Crippen molar-refractivity contribution in [2.24, 2.45) is 5.73 Å². The normalized spacial score (nSPS) is 10.8. The number of aliphatic carboxylic acids is 1. The number of unbranched alkanes of at least 4 members (excludes halogenated alkanes) is 26. The van der Waals surface area contributed by atoms with Crippen LogP contribution in [-0.2, 0) is 9.59 Å². The predicted molar refractivity (Wildman–Crippen MR) is 167 cm³/mol. The van der Waals surface area contributed by atoms with Crippen LogP contribution in [0.25, 0.3) is 0 Å². The zero-order valence-corrected chi connectivity index (χ0v) is 26.1. The summed E-state index contributed by atoms with van der Waals surface area (Å²) in [6, 6.07) is 0. The molecule has 4 nitrogen and oxygen atoms in total. The van der Waals surface area contributed by atoms with Gasteiger partial charge in [-0.1, -0.05) is 181 Å². The summed E-state index contributed by atoms with van der Waals surface area (Å²) in [7, 11) is 0. The topological polar surface area (TPSA) is 80.4 Å². The molecule has 0 saturated heterocycles.